The third-order valence-corrected chi connectivity index (χ3v) is 2.67. The largest absolute Gasteiger partial charge is 0.480 e. The van der Waals surface area contributed by atoms with Gasteiger partial charge in [0.1, 0.15) is 0 Å². The molecule has 16 nitrogen and oxygen atoms in total. The lowest BCUT2D eigenvalue weighted by Crippen LogP contribution is -2.43. The summed E-state index contributed by atoms with van der Waals surface area (Å²) in [6.07, 6.45) is 0. The van der Waals surface area contributed by atoms with Gasteiger partial charge in [0.15, 0.2) is 0 Å². The molecule has 0 aromatic heterocycles. The zero-order valence-electron chi connectivity index (χ0n) is 18.3. The van der Waals surface area contributed by atoms with Gasteiger partial charge in [0.25, 0.3) is 0 Å². The second-order valence-corrected chi connectivity index (χ2v) is 5.73. The number of carboxylic acid groups (broad SMARTS) is 4. The van der Waals surface area contributed by atoms with E-state index in [1.165, 1.54) is 0 Å². The van der Waals surface area contributed by atoms with Gasteiger partial charge in [-0.25, -0.2) is 0 Å². The van der Waals surface area contributed by atoms with E-state index in [4.69, 9.17) is 54.8 Å². The first-order chi connectivity index (χ1) is 14.9. The van der Waals surface area contributed by atoms with Crippen molar-refractivity contribution in [2.75, 3.05) is 78.5 Å². The van der Waals surface area contributed by atoms with E-state index in [0.29, 0.717) is 39.3 Å². The average molecular weight is 473 g/mol. The van der Waals surface area contributed by atoms with E-state index < -0.39 is 50.1 Å². The minimum atomic E-state index is -1.23. The highest BCUT2D eigenvalue weighted by molar-refractivity contribution is 5.73. The number of hydrogen-bond donors (Lipinski definition) is 10. The molecule has 0 radical (unpaired) electrons. The topological polar surface area (TPSA) is 312 Å². The molecule has 0 heterocycles. The molecule has 0 rings (SSSR count). The Morgan fingerprint density at radius 3 is 0.688 bits per heavy atom. The van der Waals surface area contributed by atoms with E-state index in [9.17, 15) is 19.2 Å². The molecule has 0 aromatic carbocycles. The van der Waals surface area contributed by atoms with Crippen LogP contribution in [0.5, 0.6) is 0 Å². The lowest BCUT2D eigenvalue weighted by molar-refractivity contribution is -0.145. The Hall–Kier alpha value is -2.44. The summed E-state index contributed by atoms with van der Waals surface area (Å²) >= 11 is 0. The Morgan fingerprint density at radius 2 is 0.594 bits per heavy atom. The van der Waals surface area contributed by atoms with Crippen molar-refractivity contribution in [1.82, 2.24) is 9.80 Å². The molecule has 0 spiro atoms. The number of aliphatic carboxylic acids is 4. The lowest BCUT2D eigenvalue weighted by atomic mass is 10.4. The van der Waals surface area contributed by atoms with Gasteiger partial charge in [-0.05, 0) is 0 Å². The first-order valence-electron chi connectivity index (χ1n) is 9.47. The van der Waals surface area contributed by atoms with Crippen molar-refractivity contribution >= 4 is 23.9 Å². The van der Waals surface area contributed by atoms with Crippen LogP contribution in [-0.4, -0.2) is 133 Å². The molecule has 16 N–H and O–H groups in total. The van der Waals surface area contributed by atoms with Crippen molar-refractivity contribution in [2.24, 2.45) is 34.4 Å². The molecule has 0 amide bonds. The number of carbonyl (C=O) groups is 4. The summed E-state index contributed by atoms with van der Waals surface area (Å²) in [5.74, 6) is -4.91. The molecule has 0 aliphatic rings. The highest BCUT2D eigenvalue weighted by atomic mass is 16.4. The molecule has 0 saturated carbocycles. The van der Waals surface area contributed by atoms with E-state index in [1.807, 2.05) is 0 Å². The smallest absolute Gasteiger partial charge is 0.317 e. The van der Waals surface area contributed by atoms with Crippen LogP contribution < -0.4 is 34.4 Å². The Kier molecular flexibility index (Phi) is 32.9. The van der Waals surface area contributed by atoms with Crippen LogP contribution in [0.15, 0.2) is 0 Å². The van der Waals surface area contributed by atoms with Crippen molar-refractivity contribution < 1.29 is 39.6 Å². The van der Waals surface area contributed by atoms with Crippen LogP contribution in [0.4, 0.5) is 0 Å². The third kappa shape index (κ3) is 41.8. The van der Waals surface area contributed by atoms with Crippen molar-refractivity contribution in [1.29, 1.82) is 0 Å². The van der Waals surface area contributed by atoms with Crippen molar-refractivity contribution in [3.63, 3.8) is 0 Å². The van der Waals surface area contributed by atoms with E-state index >= 15 is 0 Å². The predicted molar refractivity (Wildman–Crippen MR) is 118 cm³/mol. The third-order valence-electron chi connectivity index (χ3n) is 2.67. The van der Waals surface area contributed by atoms with Gasteiger partial charge in [-0.2, -0.15) is 0 Å². The van der Waals surface area contributed by atoms with Crippen molar-refractivity contribution in [3.05, 3.63) is 0 Å². The van der Waals surface area contributed by atoms with Gasteiger partial charge in [0, 0.05) is 52.4 Å². The summed E-state index contributed by atoms with van der Waals surface area (Å²) in [5.41, 5.74) is 29.4. The molecule has 0 aromatic rings. The van der Waals surface area contributed by atoms with Gasteiger partial charge in [0.05, 0.1) is 26.2 Å². The van der Waals surface area contributed by atoms with Gasteiger partial charge in [-0.3, -0.25) is 29.0 Å². The molecule has 0 atom stereocenters. The standard InChI is InChI=1S/C10H16N2O8.3C2H8N2/c13-7(14)3-11(4-8(15)16)1-2-12(5-9(17)18)6-10(19)20;3*3-1-2-4/h1-6H2,(H,13,14)(H,15,16)(H,17,18)(H,19,20);3*1-4H2. The monoisotopic (exact) mass is 472 g/mol. The molecule has 0 aliphatic carbocycles. The minimum absolute atomic E-state index is 0.0703. The van der Waals surface area contributed by atoms with Gasteiger partial charge in [-0.1, -0.05) is 0 Å². The number of carboxylic acids is 4. The van der Waals surface area contributed by atoms with Gasteiger partial charge >= 0.3 is 23.9 Å². The summed E-state index contributed by atoms with van der Waals surface area (Å²) < 4.78 is 0. The maximum Gasteiger partial charge on any atom is 0.317 e. The molecule has 0 unspecified atom stereocenters. The maximum absolute atomic E-state index is 10.6. The van der Waals surface area contributed by atoms with Crippen LogP contribution in [0.25, 0.3) is 0 Å². The molecule has 0 fully saturated rings. The van der Waals surface area contributed by atoms with Crippen molar-refractivity contribution in [2.45, 2.75) is 0 Å². The number of nitrogens with zero attached hydrogens (tertiary/aromatic N) is 2. The number of rotatable bonds is 14. The molecule has 16 heteroatoms. The second-order valence-electron chi connectivity index (χ2n) is 5.73. The Balaban J connectivity index is -0.000000267. The Bertz CT molecular complexity index is 401. The first kappa shape index (κ1) is 36.9. The van der Waals surface area contributed by atoms with Gasteiger partial charge in [-0.15, -0.1) is 0 Å². The normalized spacial score (nSPS) is 9.50. The highest BCUT2D eigenvalue weighted by Gasteiger charge is 2.17. The second kappa shape index (κ2) is 28.6. The fourth-order valence-electron chi connectivity index (χ4n) is 1.48. The fraction of sp³-hybridized carbons (Fsp3) is 0.750. The summed E-state index contributed by atoms with van der Waals surface area (Å²) in [6.45, 7) is 1.33. The molecule has 192 valence electrons. The van der Waals surface area contributed by atoms with Crippen molar-refractivity contribution in [3.8, 4) is 0 Å². The van der Waals surface area contributed by atoms with Crippen LogP contribution in [0.3, 0.4) is 0 Å². The highest BCUT2D eigenvalue weighted by Crippen LogP contribution is 1.94. The quantitative estimate of drug-likeness (QED) is 0.113. The maximum atomic E-state index is 10.6. The summed E-state index contributed by atoms with van der Waals surface area (Å²) in [7, 11) is 0. The lowest BCUT2D eigenvalue weighted by Gasteiger charge is -2.23. The van der Waals surface area contributed by atoms with E-state index in [-0.39, 0.29) is 13.1 Å². The van der Waals surface area contributed by atoms with E-state index in [1.54, 1.807) is 0 Å². The molecule has 0 bridgehead atoms. The van der Waals surface area contributed by atoms with Gasteiger partial charge < -0.3 is 54.8 Å². The van der Waals surface area contributed by atoms with Crippen LogP contribution in [-0.2, 0) is 19.2 Å². The van der Waals surface area contributed by atoms with E-state index in [2.05, 4.69) is 0 Å². The molecular formula is C16H40N8O8. The zero-order chi connectivity index (χ0) is 25.9. The zero-order valence-corrected chi connectivity index (χ0v) is 18.3. The number of nitrogens with two attached hydrogens (primary N) is 6. The van der Waals surface area contributed by atoms with Gasteiger partial charge in [0.2, 0.25) is 0 Å². The molecule has 0 saturated heterocycles. The van der Waals surface area contributed by atoms with Crippen LogP contribution in [0.1, 0.15) is 0 Å². The Labute approximate surface area is 187 Å². The summed E-state index contributed by atoms with van der Waals surface area (Å²) in [6, 6.07) is 0. The Morgan fingerprint density at radius 1 is 0.438 bits per heavy atom. The van der Waals surface area contributed by atoms with Crippen LogP contribution in [0, 0.1) is 0 Å². The average Bonchev–Trinajstić information content (AvgIpc) is 2.70. The fourth-order valence-corrected chi connectivity index (χ4v) is 1.48. The van der Waals surface area contributed by atoms with Crippen LogP contribution in [0.2, 0.25) is 0 Å². The minimum Gasteiger partial charge on any atom is -0.480 e. The molecular weight excluding hydrogens is 432 g/mol. The predicted octanol–water partition coefficient (Wildman–Crippen LogP) is -5.36. The summed E-state index contributed by atoms with van der Waals surface area (Å²) in [4.78, 5) is 44.4. The van der Waals surface area contributed by atoms with E-state index in [0.717, 1.165) is 9.80 Å². The van der Waals surface area contributed by atoms with Crippen LogP contribution >= 0.6 is 0 Å². The summed E-state index contributed by atoms with van der Waals surface area (Å²) in [5, 5.41) is 34.5. The number of hydrogen-bond acceptors (Lipinski definition) is 12. The molecule has 32 heavy (non-hydrogen) atoms. The first-order valence-corrected chi connectivity index (χ1v) is 9.47. The molecule has 0 aliphatic heterocycles. The SMILES string of the molecule is NCCN.NCCN.NCCN.O=C(O)CN(CCN(CC(=O)O)CC(=O)O)CC(=O)O.